The first kappa shape index (κ1) is 22.4. The Hall–Kier alpha value is 2.60. The summed E-state index contributed by atoms with van der Waals surface area (Å²) in [5.41, 5.74) is 0. The molecule has 0 aromatic heterocycles. The third kappa shape index (κ3) is 73.4. The van der Waals surface area contributed by atoms with Gasteiger partial charge in [0.25, 0.3) is 0 Å². The van der Waals surface area contributed by atoms with E-state index in [1.807, 2.05) is 0 Å². The maximum Gasteiger partial charge on any atom is 0.316 e. The molecule has 4 N–H and O–H groups in total. The molecule has 0 atom stereocenters. The van der Waals surface area contributed by atoms with Crippen LogP contribution in [-0.2, 0) is 17.1 Å². The predicted octanol–water partition coefficient (Wildman–Crippen LogP) is -4.44. The van der Waals surface area contributed by atoms with E-state index in [0.717, 1.165) is 0 Å². The van der Waals surface area contributed by atoms with E-state index >= 15 is 0 Å². The molecule has 0 saturated carbocycles. The zero-order valence-electron chi connectivity index (χ0n) is 2.64. The molecule has 0 fully saturated rings. The summed E-state index contributed by atoms with van der Waals surface area (Å²) in [5.74, 6) is 0. The number of hydrogen-bond donors (Lipinski definition) is 4. The molecule has 0 heterocycles. The Labute approximate surface area is 104 Å². The smallest absolute Gasteiger partial charge is 0 e. The van der Waals surface area contributed by atoms with E-state index in [1.54, 1.807) is 0 Å². The van der Waals surface area contributed by atoms with Crippen molar-refractivity contribution < 1.29 is 36.3 Å². The molecule has 0 aromatic carbocycles. The van der Waals surface area contributed by atoms with Crippen molar-refractivity contribution in [1.82, 2.24) is 0 Å². The van der Waals surface area contributed by atoms with E-state index in [4.69, 9.17) is 19.2 Å². The maximum atomic E-state index is 7.33. The van der Waals surface area contributed by atoms with Crippen LogP contribution in [0.3, 0.4) is 0 Å². The summed E-state index contributed by atoms with van der Waals surface area (Å²) in [7, 11) is -4.61. The van der Waals surface area contributed by atoms with Gasteiger partial charge in [0.1, 0.15) is 0 Å². The second kappa shape index (κ2) is 9.60. The summed E-state index contributed by atoms with van der Waals surface area (Å²) in [5, 5.41) is 0. The Bertz CT molecular complexity index is 31.5. The Morgan fingerprint density at radius 3 is 0.875 bits per heavy atom. The minimum Gasteiger partial charge on any atom is 0 e. The predicted molar refractivity (Wildman–Crippen MR) is 31.7 cm³/mol. The van der Waals surface area contributed by atoms with Crippen molar-refractivity contribution in [3.63, 3.8) is 0 Å². The fourth-order valence-corrected chi connectivity index (χ4v) is 0. The third-order valence-electron chi connectivity index (χ3n) is 0. The number of hydrogen-bond acceptors (Lipinski definition) is 4. The average molecular weight is 220 g/mol. The fraction of sp³-hybridized carbons (Fsp3) is 0. The normalized spacial score (nSPS) is 7.50. The van der Waals surface area contributed by atoms with E-state index in [2.05, 4.69) is 0 Å². The first-order valence-electron chi connectivity index (χ1n) is 0.894. The summed E-state index contributed by atoms with van der Waals surface area (Å²) >= 11 is 0. The molecule has 0 aliphatic rings. The molecule has 8 heavy (non-hydrogen) atoms. The second-order valence-electron chi connectivity index (χ2n) is 0.600. The van der Waals surface area contributed by atoms with Gasteiger partial charge in [0.15, 0.2) is 0 Å². The molecule has 0 amide bonds. The van der Waals surface area contributed by atoms with Crippen molar-refractivity contribution in [3.8, 4) is 0 Å². The molecule has 0 bridgehead atoms. The van der Waals surface area contributed by atoms with Gasteiger partial charge in [0.2, 0.25) is 0 Å². The Balaban J connectivity index is -0.0000000267. The van der Waals surface area contributed by atoms with Gasteiger partial charge in [-0.15, -0.1) is 0 Å². The number of rotatable bonds is 0. The van der Waals surface area contributed by atoms with Crippen LogP contribution in [0.1, 0.15) is 0 Å². The molecule has 48 valence electrons. The topological polar surface area (TPSA) is 80.9 Å². The van der Waals surface area contributed by atoms with E-state index in [-0.39, 0.29) is 77.9 Å². The van der Waals surface area contributed by atoms with E-state index in [0.29, 0.717) is 0 Å². The molecular weight excluding hydrogens is 212 g/mol. The zero-order valence-corrected chi connectivity index (χ0v) is 4.75. The SMILES string of the molecule is O[Si](O)(O)O.[CaH2].[Fe].[MgH2]. The summed E-state index contributed by atoms with van der Waals surface area (Å²) in [6, 6.07) is 0. The van der Waals surface area contributed by atoms with Crippen LogP contribution in [0.25, 0.3) is 0 Å². The van der Waals surface area contributed by atoms with Crippen molar-refractivity contribution in [3.05, 3.63) is 0 Å². The van der Waals surface area contributed by atoms with Crippen molar-refractivity contribution in [2.45, 2.75) is 0 Å². The molecule has 0 unspecified atom stereocenters. The van der Waals surface area contributed by atoms with Crippen molar-refractivity contribution in [2.75, 3.05) is 0 Å². The van der Waals surface area contributed by atoms with E-state index in [1.165, 1.54) is 0 Å². The summed E-state index contributed by atoms with van der Waals surface area (Å²) in [6.07, 6.45) is 0. The van der Waals surface area contributed by atoms with Crippen LogP contribution in [-0.4, -0.2) is 89.0 Å². The van der Waals surface area contributed by atoms with Crippen LogP contribution in [0.4, 0.5) is 0 Å². The molecule has 0 aliphatic heterocycles. The van der Waals surface area contributed by atoms with Gasteiger partial charge in [-0.05, 0) is 0 Å². The van der Waals surface area contributed by atoms with Gasteiger partial charge >= 0.3 is 69.8 Å². The van der Waals surface area contributed by atoms with Gasteiger partial charge in [-0.1, -0.05) is 0 Å². The average Bonchev–Trinajstić information content (AvgIpc) is 0.722. The molecule has 4 nitrogen and oxygen atoms in total. The first-order valence-corrected chi connectivity index (χ1v) is 2.68. The summed E-state index contributed by atoms with van der Waals surface area (Å²) < 4.78 is 0. The Morgan fingerprint density at radius 2 is 0.875 bits per heavy atom. The van der Waals surface area contributed by atoms with Crippen molar-refractivity contribution in [1.29, 1.82) is 0 Å². The van der Waals surface area contributed by atoms with Gasteiger partial charge in [-0.3, -0.25) is 0 Å². The van der Waals surface area contributed by atoms with Gasteiger partial charge in [0, 0.05) is 17.1 Å². The van der Waals surface area contributed by atoms with Crippen LogP contribution in [0.15, 0.2) is 0 Å². The molecular formula is H8CaFeMgO4Si. The molecule has 8 heteroatoms. The van der Waals surface area contributed by atoms with Gasteiger partial charge in [-0.25, -0.2) is 0 Å². The molecule has 0 radical (unpaired) electrons. The molecule has 0 spiro atoms. The maximum absolute atomic E-state index is 7.33. The standard InChI is InChI=1S/Ca.Fe.Mg.H4O4Si.4H/c;;;1-5(2,3)4;;;;/h;;;1-4H;;;;. The monoisotopic (exact) mass is 220 g/mol. The van der Waals surface area contributed by atoms with Crippen molar-refractivity contribution >= 4 is 69.8 Å². The van der Waals surface area contributed by atoms with Crippen LogP contribution in [0.5, 0.6) is 0 Å². The fourth-order valence-electron chi connectivity index (χ4n) is 0. The Morgan fingerprint density at radius 1 is 0.875 bits per heavy atom. The Kier molecular flexibility index (Phi) is 26.9. The van der Waals surface area contributed by atoms with E-state index < -0.39 is 9.05 Å². The van der Waals surface area contributed by atoms with Crippen molar-refractivity contribution in [2.24, 2.45) is 0 Å². The summed E-state index contributed by atoms with van der Waals surface area (Å²) in [4.78, 5) is 29.3. The van der Waals surface area contributed by atoms with Gasteiger partial charge < -0.3 is 19.2 Å². The zero-order chi connectivity index (χ0) is 4.50. The quantitative estimate of drug-likeness (QED) is 0.311. The van der Waals surface area contributed by atoms with Crippen LogP contribution in [0.2, 0.25) is 0 Å². The molecule has 0 rings (SSSR count). The van der Waals surface area contributed by atoms with Gasteiger partial charge in [-0.2, -0.15) is 0 Å². The van der Waals surface area contributed by atoms with Crippen LogP contribution in [0, 0.1) is 0 Å². The second-order valence-corrected chi connectivity index (χ2v) is 1.80. The minimum atomic E-state index is -4.61. The minimum absolute atomic E-state index is 0. The summed E-state index contributed by atoms with van der Waals surface area (Å²) in [6.45, 7) is 0. The molecule has 0 saturated heterocycles. The molecule has 0 aromatic rings. The molecule has 0 aliphatic carbocycles. The van der Waals surface area contributed by atoms with Crippen LogP contribution >= 0.6 is 0 Å². The van der Waals surface area contributed by atoms with Crippen LogP contribution < -0.4 is 0 Å². The first-order chi connectivity index (χ1) is 2.00. The van der Waals surface area contributed by atoms with E-state index in [9.17, 15) is 0 Å². The largest absolute Gasteiger partial charge is 0.316 e. The van der Waals surface area contributed by atoms with Gasteiger partial charge in [0.05, 0.1) is 0 Å². The third-order valence-corrected chi connectivity index (χ3v) is 0.